The van der Waals surface area contributed by atoms with Gasteiger partial charge in [0.25, 0.3) is 0 Å². The normalized spacial score (nSPS) is 12.1. The van der Waals surface area contributed by atoms with Gasteiger partial charge in [-0.2, -0.15) is 0 Å². The predicted molar refractivity (Wildman–Crippen MR) is 58.9 cm³/mol. The van der Waals surface area contributed by atoms with Gasteiger partial charge in [-0.3, -0.25) is 0 Å². The highest BCUT2D eigenvalue weighted by atomic mass is 32.2. The number of rotatable bonds is 3. The molecule has 0 radical (unpaired) electrons. The Bertz CT molecular complexity index is 413. The first-order chi connectivity index (χ1) is 6.60. The summed E-state index contributed by atoms with van der Waals surface area (Å²) in [7, 11) is -3.05. The van der Waals surface area contributed by atoms with Crippen molar-refractivity contribution in [3.8, 4) is 0 Å². The van der Waals surface area contributed by atoms with E-state index in [1.165, 1.54) is 0 Å². The number of hydrogen-bond acceptors (Lipinski definition) is 2. The summed E-state index contributed by atoms with van der Waals surface area (Å²) in [5, 5.41) is 0. The van der Waals surface area contributed by atoms with Crippen LogP contribution in [0.25, 0.3) is 6.08 Å². The fraction of sp³-hybridized carbons (Fsp3) is 0.273. The molecule has 0 amide bonds. The molecule has 76 valence electrons. The van der Waals surface area contributed by atoms with Crippen molar-refractivity contribution in [1.82, 2.24) is 0 Å². The van der Waals surface area contributed by atoms with Crippen LogP contribution in [0.2, 0.25) is 0 Å². The molecule has 2 nitrogen and oxygen atoms in total. The van der Waals surface area contributed by atoms with Crippen molar-refractivity contribution >= 4 is 15.9 Å². The zero-order chi connectivity index (χ0) is 10.6. The van der Waals surface area contributed by atoms with E-state index in [4.69, 9.17) is 0 Å². The first-order valence-electron chi connectivity index (χ1n) is 4.55. The Morgan fingerprint density at radius 3 is 2.21 bits per heavy atom. The summed E-state index contributed by atoms with van der Waals surface area (Å²) in [4.78, 5) is 0.397. The Labute approximate surface area is 85.2 Å². The van der Waals surface area contributed by atoms with Crippen molar-refractivity contribution in [2.45, 2.75) is 18.7 Å². The van der Waals surface area contributed by atoms with E-state index >= 15 is 0 Å². The molecule has 0 heterocycles. The molecule has 0 aromatic heterocycles. The maximum Gasteiger partial charge on any atom is 0.178 e. The van der Waals surface area contributed by atoms with E-state index in [9.17, 15) is 8.42 Å². The van der Waals surface area contributed by atoms with Gasteiger partial charge >= 0.3 is 0 Å². The Morgan fingerprint density at radius 1 is 1.21 bits per heavy atom. The van der Waals surface area contributed by atoms with E-state index in [2.05, 4.69) is 0 Å². The van der Waals surface area contributed by atoms with Crippen molar-refractivity contribution in [2.24, 2.45) is 0 Å². The SMILES string of the molecule is CC=Cc1ccc(S(=O)(=O)CC)cc1. The second kappa shape index (κ2) is 4.42. The minimum atomic E-state index is -3.05. The second-order valence-electron chi connectivity index (χ2n) is 2.97. The van der Waals surface area contributed by atoms with Gasteiger partial charge < -0.3 is 0 Å². The molecule has 3 heteroatoms. The number of allylic oxidation sites excluding steroid dienone is 1. The third-order valence-electron chi connectivity index (χ3n) is 1.98. The topological polar surface area (TPSA) is 34.1 Å². The molecular formula is C11H14O2S. The molecule has 0 saturated heterocycles. The van der Waals surface area contributed by atoms with E-state index in [1.807, 2.05) is 31.2 Å². The van der Waals surface area contributed by atoms with Crippen LogP contribution in [0.5, 0.6) is 0 Å². The molecule has 1 aromatic rings. The fourth-order valence-corrected chi connectivity index (χ4v) is 2.03. The van der Waals surface area contributed by atoms with Gasteiger partial charge in [-0.05, 0) is 24.6 Å². The van der Waals surface area contributed by atoms with Gasteiger partial charge in [0.05, 0.1) is 10.6 Å². The van der Waals surface area contributed by atoms with Gasteiger partial charge in [-0.25, -0.2) is 8.42 Å². The Kier molecular flexibility index (Phi) is 3.47. The van der Waals surface area contributed by atoms with Crippen LogP contribution in [0.4, 0.5) is 0 Å². The van der Waals surface area contributed by atoms with Gasteiger partial charge in [-0.1, -0.05) is 31.2 Å². The number of hydrogen-bond donors (Lipinski definition) is 0. The Hall–Kier alpha value is -1.09. The summed E-state index contributed by atoms with van der Waals surface area (Å²) in [6.07, 6.45) is 3.85. The summed E-state index contributed by atoms with van der Waals surface area (Å²) in [6, 6.07) is 6.91. The van der Waals surface area contributed by atoms with Crippen molar-refractivity contribution < 1.29 is 8.42 Å². The van der Waals surface area contributed by atoms with Crippen LogP contribution in [-0.2, 0) is 9.84 Å². The molecule has 0 aliphatic rings. The molecule has 1 aromatic carbocycles. The van der Waals surface area contributed by atoms with Crippen LogP contribution in [0.1, 0.15) is 19.4 Å². The third kappa shape index (κ3) is 2.45. The van der Waals surface area contributed by atoms with Crippen LogP contribution < -0.4 is 0 Å². The van der Waals surface area contributed by atoms with Crippen molar-refractivity contribution in [2.75, 3.05) is 5.75 Å². The molecule has 0 bridgehead atoms. The first kappa shape index (κ1) is 11.0. The lowest BCUT2D eigenvalue weighted by Gasteiger charge is -2.00. The quantitative estimate of drug-likeness (QED) is 0.768. The lowest BCUT2D eigenvalue weighted by atomic mass is 10.2. The third-order valence-corrected chi connectivity index (χ3v) is 3.73. The highest BCUT2D eigenvalue weighted by Crippen LogP contribution is 2.12. The van der Waals surface area contributed by atoms with Gasteiger partial charge in [0, 0.05) is 0 Å². The number of sulfone groups is 1. The van der Waals surface area contributed by atoms with Crippen molar-refractivity contribution in [3.63, 3.8) is 0 Å². The van der Waals surface area contributed by atoms with Crippen LogP contribution in [-0.4, -0.2) is 14.2 Å². The summed E-state index contributed by atoms with van der Waals surface area (Å²) >= 11 is 0. The van der Waals surface area contributed by atoms with E-state index in [0.717, 1.165) is 5.56 Å². The highest BCUT2D eigenvalue weighted by Gasteiger charge is 2.09. The maximum atomic E-state index is 11.5. The van der Waals surface area contributed by atoms with E-state index < -0.39 is 9.84 Å². The molecular weight excluding hydrogens is 196 g/mol. The molecule has 0 fully saturated rings. The zero-order valence-corrected chi connectivity index (χ0v) is 9.21. The molecule has 0 spiro atoms. The smallest absolute Gasteiger partial charge is 0.178 e. The molecule has 0 saturated carbocycles. The molecule has 0 aliphatic carbocycles. The summed E-state index contributed by atoms with van der Waals surface area (Å²) in [5.41, 5.74) is 1.02. The Morgan fingerprint density at radius 2 is 1.79 bits per heavy atom. The second-order valence-corrected chi connectivity index (χ2v) is 5.25. The average Bonchev–Trinajstić information content (AvgIpc) is 2.19. The van der Waals surface area contributed by atoms with E-state index in [0.29, 0.717) is 4.90 Å². The first-order valence-corrected chi connectivity index (χ1v) is 6.21. The van der Waals surface area contributed by atoms with Crippen LogP contribution >= 0.6 is 0 Å². The Balaban J connectivity index is 3.06. The molecule has 14 heavy (non-hydrogen) atoms. The standard InChI is InChI=1S/C11H14O2S/c1-3-5-10-6-8-11(9-7-10)14(12,13)4-2/h3,5-9H,4H2,1-2H3. The largest absolute Gasteiger partial charge is 0.224 e. The average molecular weight is 210 g/mol. The fourth-order valence-electron chi connectivity index (χ4n) is 1.15. The predicted octanol–water partition coefficient (Wildman–Crippen LogP) is 2.51. The summed E-state index contributed by atoms with van der Waals surface area (Å²) in [6.45, 7) is 3.58. The maximum absolute atomic E-state index is 11.5. The lowest BCUT2D eigenvalue weighted by molar-refractivity contribution is 0.597. The van der Waals surface area contributed by atoms with E-state index in [-0.39, 0.29) is 5.75 Å². The van der Waals surface area contributed by atoms with Gasteiger partial charge in [-0.15, -0.1) is 0 Å². The van der Waals surface area contributed by atoms with E-state index in [1.54, 1.807) is 19.1 Å². The van der Waals surface area contributed by atoms with Crippen molar-refractivity contribution in [1.29, 1.82) is 0 Å². The number of benzene rings is 1. The summed E-state index contributed by atoms with van der Waals surface area (Å²) in [5.74, 6) is 0.149. The van der Waals surface area contributed by atoms with Crippen LogP contribution in [0, 0.1) is 0 Å². The van der Waals surface area contributed by atoms with Crippen LogP contribution in [0.3, 0.4) is 0 Å². The lowest BCUT2D eigenvalue weighted by Crippen LogP contribution is -2.02. The molecule has 0 unspecified atom stereocenters. The van der Waals surface area contributed by atoms with Crippen molar-refractivity contribution in [3.05, 3.63) is 35.9 Å². The molecule has 0 atom stereocenters. The molecule has 1 rings (SSSR count). The van der Waals surface area contributed by atoms with Gasteiger partial charge in [0.15, 0.2) is 9.84 Å². The molecule has 0 aliphatic heterocycles. The zero-order valence-electron chi connectivity index (χ0n) is 8.40. The minimum absolute atomic E-state index is 0.149. The van der Waals surface area contributed by atoms with Gasteiger partial charge in [0.2, 0.25) is 0 Å². The van der Waals surface area contributed by atoms with Gasteiger partial charge in [0.1, 0.15) is 0 Å². The monoisotopic (exact) mass is 210 g/mol. The highest BCUT2D eigenvalue weighted by molar-refractivity contribution is 7.91. The molecule has 0 N–H and O–H groups in total. The minimum Gasteiger partial charge on any atom is -0.224 e. The van der Waals surface area contributed by atoms with Crippen LogP contribution in [0.15, 0.2) is 35.2 Å². The summed E-state index contributed by atoms with van der Waals surface area (Å²) < 4.78 is 22.9.